The Morgan fingerprint density at radius 3 is 2.63 bits per heavy atom. The van der Waals surface area contributed by atoms with Crippen molar-refractivity contribution < 1.29 is 4.74 Å². The summed E-state index contributed by atoms with van der Waals surface area (Å²) in [6.45, 7) is 3.16. The maximum absolute atomic E-state index is 6.02. The van der Waals surface area contributed by atoms with Gasteiger partial charge in [-0.25, -0.2) is 0 Å². The van der Waals surface area contributed by atoms with Gasteiger partial charge in [-0.3, -0.25) is 0 Å². The number of hydrogen-bond acceptors (Lipinski definition) is 1. The molecule has 0 spiro atoms. The van der Waals surface area contributed by atoms with Crippen LogP contribution in [-0.2, 0) is 6.42 Å². The SMILES string of the molecule is CCCCc1cccc(OCC2CCCCCC2)c1. The van der Waals surface area contributed by atoms with Crippen LogP contribution < -0.4 is 4.74 Å². The third-order valence-corrected chi connectivity index (χ3v) is 4.18. The van der Waals surface area contributed by atoms with Crippen molar-refractivity contribution in [2.75, 3.05) is 6.61 Å². The van der Waals surface area contributed by atoms with Crippen molar-refractivity contribution in [3.8, 4) is 5.75 Å². The zero-order valence-electron chi connectivity index (χ0n) is 12.4. The van der Waals surface area contributed by atoms with E-state index in [0.29, 0.717) is 0 Å². The molecule has 1 aromatic rings. The highest BCUT2D eigenvalue weighted by Gasteiger charge is 2.12. The minimum atomic E-state index is 0.779. The minimum Gasteiger partial charge on any atom is -0.493 e. The van der Waals surface area contributed by atoms with Gasteiger partial charge in [-0.1, -0.05) is 51.2 Å². The summed E-state index contributed by atoms with van der Waals surface area (Å²) < 4.78 is 6.02. The highest BCUT2D eigenvalue weighted by Crippen LogP contribution is 2.24. The fourth-order valence-electron chi connectivity index (χ4n) is 2.92. The van der Waals surface area contributed by atoms with Crippen molar-refractivity contribution in [1.82, 2.24) is 0 Å². The van der Waals surface area contributed by atoms with Crippen LogP contribution in [0.25, 0.3) is 0 Å². The van der Waals surface area contributed by atoms with Crippen LogP contribution in [0.1, 0.15) is 63.9 Å². The second-order valence-electron chi connectivity index (χ2n) is 5.92. The first-order valence-corrected chi connectivity index (χ1v) is 8.10. The molecular formula is C18H28O. The number of ether oxygens (including phenoxy) is 1. The van der Waals surface area contributed by atoms with Crippen LogP contribution in [0.3, 0.4) is 0 Å². The van der Waals surface area contributed by atoms with Gasteiger partial charge in [0.2, 0.25) is 0 Å². The van der Waals surface area contributed by atoms with E-state index in [2.05, 4.69) is 31.2 Å². The van der Waals surface area contributed by atoms with Gasteiger partial charge in [0.1, 0.15) is 5.75 Å². The molecule has 2 rings (SSSR count). The van der Waals surface area contributed by atoms with Crippen LogP contribution in [0, 0.1) is 5.92 Å². The van der Waals surface area contributed by atoms with Crippen molar-refractivity contribution in [2.45, 2.75) is 64.7 Å². The van der Waals surface area contributed by atoms with Crippen LogP contribution in [0.5, 0.6) is 5.75 Å². The Kier molecular flexibility index (Phi) is 6.26. The Labute approximate surface area is 118 Å². The molecule has 1 saturated carbocycles. The Balaban J connectivity index is 1.81. The van der Waals surface area contributed by atoms with Crippen LogP contribution in [0.4, 0.5) is 0 Å². The molecule has 0 heterocycles. The maximum Gasteiger partial charge on any atom is 0.119 e. The van der Waals surface area contributed by atoms with Gasteiger partial charge in [-0.2, -0.15) is 0 Å². The molecule has 0 amide bonds. The molecule has 0 aromatic heterocycles. The summed E-state index contributed by atoms with van der Waals surface area (Å²) in [5.74, 6) is 1.85. The van der Waals surface area contributed by atoms with Gasteiger partial charge in [0.15, 0.2) is 0 Å². The highest BCUT2D eigenvalue weighted by molar-refractivity contribution is 5.28. The molecule has 1 fully saturated rings. The number of unbranched alkanes of at least 4 members (excludes halogenated alkanes) is 1. The van der Waals surface area contributed by atoms with E-state index in [0.717, 1.165) is 18.3 Å². The molecular weight excluding hydrogens is 232 g/mol. The monoisotopic (exact) mass is 260 g/mol. The van der Waals surface area contributed by atoms with Crippen molar-refractivity contribution in [1.29, 1.82) is 0 Å². The summed E-state index contributed by atoms with van der Waals surface area (Å²) in [6.07, 6.45) is 12.0. The van der Waals surface area contributed by atoms with Crippen molar-refractivity contribution >= 4 is 0 Å². The predicted octanol–water partition coefficient (Wildman–Crippen LogP) is 5.38. The molecule has 0 saturated heterocycles. The topological polar surface area (TPSA) is 9.23 Å². The zero-order chi connectivity index (χ0) is 13.3. The van der Waals surface area contributed by atoms with E-state index < -0.39 is 0 Å². The van der Waals surface area contributed by atoms with Crippen LogP contribution in [0.15, 0.2) is 24.3 Å². The smallest absolute Gasteiger partial charge is 0.119 e. The summed E-state index contributed by atoms with van der Waals surface area (Å²) in [6, 6.07) is 8.68. The van der Waals surface area contributed by atoms with Crippen molar-refractivity contribution in [3.63, 3.8) is 0 Å². The number of aryl methyl sites for hydroxylation is 1. The van der Waals surface area contributed by atoms with E-state index >= 15 is 0 Å². The normalized spacial score (nSPS) is 17.1. The summed E-state index contributed by atoms with van der Waals surface area (Å²) in [4.78, 5) is 0. The highest BCUT2D eigenvalue weighted by atomic mass is 16.5. The van der Waals surface area contributed by atoms with Crippen molar-refractivity contribution in [2.24, 2.45) is 5.92 Å². The Hall–Kier alpha value is -0.980. The summed E-state index contributed by atoms with van der Waals surface area (Å²) in [5.41, 5.74) is 1.42. The van der Waals surface area contributed by atoms with Crippen molar-refractivity contribution in [3.05, 3.63) is 29.8 Å². The summed E-state index contributed by atoms with van der Waals surface area (Å²) in [7, 11) is 0. The lowest BCUT2D eigenvalue weighted by atomic mass is 10.0. The standard InChI is InChI=1S/C18H28O/c1-2-3-9-16-12-8-13-18(14-16)19-15-17-10-6-4-5-7-11-17/h8,12-14,17H,2-7,9-11,15H2,1H3. The molecule has 106 valence electrons. The lowest BCUT2D eigenvalue weighted by Crippen LogP contribution is -2.11. The Morgan fingerprint density at radius 1 is 1.11 bits per heavy atom. The van der Waals surface area contributed by atoms with Crippen LogP contribution in [0.2, 0.25) is 0 Å². The third kappa shape index (κ3) is 5.26. The first kappa shape index (κ1) is 14.4. The first-order chi connectivity index (χ1) is 9.38. The van der Waals surface area contributed by atoms with E-state index in [4.69, 9.17) is 4.74 Å². The lowest BCUT2D eigenvalue weighted by molar-refractivity contribution is 0.233. The minimum absolute atomic E-state index is 0.779. The summed E-state index contributed by atoms with van der Waals surface area (Å²) >= 11 is 0. The average Bonchev–Trinajstić information content (AvgIpc) is 2.72. The fraction of sp³-hybridized carbons (Fsp3) is 0.667. The molecule has 0 unspecified atom stereocenters. The van der Waals surface area contributed by atoms with Crippen LogP contribution >= 0.6 is 0 Å². The Bertz CT molecular complexity index is 350. The quantitative estimate of drug-likeness (QED) is 0.624. The average molecular weight is 260 g/mol. The van der Waals surface area contributed by atoms with Gasteiger partial charge < -0.3 is 4.74 Å². The molecule has 0 aliphatic heterocycles. The van der Waals surface area contributed by atoms with Gasteiger partial charge in [0, 0.05) is 0 Å². The Morgan fingerprint density at radius 2 is 1.89 bits per heavy atom. The second-order valence-corrected chi connectivity index (χ2v) is 5.92. The fourth-order valence-corrected chi connectivity index (χ4v) is 2.92. The van der Waals surface area contributed by atoms with E-state index in [-0.39, 0.29) is 0 Å². The zero-order valence-corrected chi connectivity index (χ0v) is 12.4. The number of hydrogen-bond donors (Lipinski definition) is 0. The summed E-state index contributed by atoms with van der Waals surface area (Å²) in [5, 5.41) is 0. The maximum atomic E-state index is 6.02. The molecule has 1 nitrogen and oxygen atoms in total. The van der Waals surface area contributed by atoms with E-state index in [9.17, 15) is 0 Å². The molecule has 0 N–H and O–H groups in total. The molecule has 0 bridgehead atoms. The third-order valence-electron chi connectivity index (χ3n) is 4.18. The van der Waals surface area contributed by atoms with Gasteiger partial charge in [0.05, 0.1) is 6.61 Å². The first-order valence-electron chi connectivity index (χ1n) is 8.10. The van der Waals surface area contributed by atoms with E-state index in [1.165, 1.54) is 63.4 Å². The second kappa shape index (κ2) is 8.24. The molecule has 0 radical (unpaired) electrons. The number of benzene rings is 1. The van der Waals surface area contributed by atoms with Gasteiger partial charge in [-0.05, 0) is 49.3 Å². The molecule has 0 atom stereocenters. The van der Waals surface area contributed by atoms with Crippen LogP contribution in [-0.4, -0.2) is 6.61 Å². The number of rotatable bonds is 6. The molecule has 19 heavy (non-hydrogen) atoms. The van der Waals surface area contributed by atoms with Gasteiger partial charge in [0.25, 0.3) is 0 Å². The predicted molar refractivity (Wildman–Crippen MR) is 81.7 cm³/mol. The largest absolute Gasteiger partial charge is 0.493 e. The lowest BCUT2D eigenvalue weighted by Gasteiger charge is -2.15. The van der Waals surface area contributed by atoms with Gasteiger partial charge >= 0.3 is 0 Å². The molecule has 1 aliphatic carbocycles. The van der Waals surface area contributed by atoms with E-state index in [1.807, 2.05) is 0 Å². The molecule has 1 aliphatic rings. The van der Waals surface area contributed by atoms with Gasteiger partial charge in [-0.15, -0.1) is 0 Å². The molecule has 1 heteroatoms. The van der Waals surface area contributed by atoms with E-state index in [1.54, 1.807) is 0 Å². The molecule has 1 aromatic carbocycles.